The van der Waals surface area contributed by atoms with Gasteiger partial charge in [-0.15, -0.1) is 0 Å². The third kappa shape index (κ3) is 3.88. The van der Waals surface area contributed by atoms with Crippen molar-refractivity contribution >= 4 is 17.7 Å². The molecule has 17 heavy (non-hydrogen) atoms. The number of amides is 1. The molecule has 0 aromatic carbocycles. The first kappa shape index (κ1) is 13.2. The van der Waals surface area contributed by atoms with E-state index < -0.39 is 0 Å². The fourth-order valence-electron chi connectivity index (χ4n) is 2.74. The van der Waals surface area contributed by atoms with E-state index >= 15 is 0 Å². The lowest BCUT2D eigenvalue weighted by atomic mass is 9.76. The number of hydrogen-bond donors (Lipinski definition) is 2. The second-order valence-electron chi connectivity index (χ2n) is 5.67. The molecule has 4 heteroatoms. The van der Waals surface area contributed by atoms with E-state index in [1.807, 2.05) is 11.8 Å². The molecule has 1 amide bonds. The first-order chi connectivity index (χ1) is 8.20. The fraction of sp³-hybridized carbons (Fsp3) is 0.923. The minimum atomic E-state index is 0.0286. The van der Waals surface area contributed by atoms with Crippen LogP contribution in [-0.2, 0) is 4.79 Å². The number of carbonyl (C=O) groups is 1. The highest BCUT2D eigenvalue weighted by Gasteiger charge is 2.28. The largest absolute Gasteiger partial charge is 0.354 e. The molecule has 2 aliphatic rings. The van der Waals surface area contributed by atoms with Crippen molar-refractivity contribution in [3.8, 4) is 0 Å². The first-order valence-electron chi connectivity index (χ1n) is 6.78. The topological polar surface area (TPSA) is 41.1 Å². The van der Waals surface area contributed by atoms with Crippen LogP contribution in [0.5, 0.6) is 0 Å². The van der Waals surface area contributed by atoms with Crippen molar-refractivity contribution in [2.24, 2.45) is 5.41 Å². The van der Waals surface area contributed by atoms with Crippen LogP contribution in [0.2, 0.25) is 0 Å². The van der Waals surface area contributed by atoms with Crippen molar-refractivity contribution in [1.82, 2.24) is 10.6 Å². The Morgan fingerprint density at radius 2 is 2.18 bits per heavy atom. The fourth-order valence-corrected chi connectivity index (χ4v) is 3.67. The Kier molecular flexibility index (Phi) is 4.74. The van der Waals surface area contributed by atoms with Gasteiger partial charge in [0.15, 0.2) is 0 Å². The summed E-state index contributed by atoms with van der Waals surface area (Å²) < 4.78 is 0. The SMILES string of the molecule is CC1(CNC(=O)C2CSCCN2)CCCCC1. The average molecular weight is 256 g/mol. The standard InChI is InChI=1S/C13H24N2OS/c1-13(5-3-2-4-6-13)10-15-12(16)11-9-17-8-7-14-11/h11,14H,2-10H2,1H3,(H,15,16). The lowest BCUT2D eigenvalue weighted by molar-refractivity contribution is -0.123. The van der Waals surface area contributed by atoms with E-state index in [4.69, 9.17) is 0 Å². The van der Waals surface area contributed by atoms with E-state index in [2.05, 4.69) is 17.6 Å². The van der Waals surface area contributed by atoms with Crippen LogP contribution in [0.15, 0.2) is 0 Å². The summed E-state index contributed by atoms with van der Waals surface area (Å²) >= 11 is 1.87. The molecule has 0 aromatic heterocycles. The molecule has 1 aliphatic carbocycles. The van der Waals surface area contributed by atoms with Crippen molar-refractivity contribution in [2.45, 2.75) is 45.1 Å². The zero-order chi connectivity index (χ0) is 12.1. The summed E-state index contributed by atoms with van der Waals surface area (Å²) in [6, 6.07) is 0.0286. The van der Waals surface area contributed by atoms with Gasteiger partial charge in [0.25, 0.3) is 0 Å². The van der Waals surface area contributed by atoms with Crippen LogP contribution >= 0.6 is 11.8 Å². The zero-order valence-electron chi connectivity index (χ0n) is 10.8. The number of rotatable bonds is 3. The average Bonchev–Trinajstić information content (AvgIpc) is 2.38. The monoisotopic (exact) mass is 256 g/mol. The van der Waals surface area contributed by atoms with Gasteiger partial charge < -0.3 is 10.6 Å². The van der Waals surface area contributed by atoms with Gasteiger partial charge in [0.2, 0.25) is 5.91 Å². The van der Waals surface area contributed by atoms with Crippen molar-refractivity contribution in [3.63, 3.8) is 0 Å². The van der Waals surface area contributed by atoms with E-state index in [-0.39, 0.29) is 11.9 Å². The van der Waals surface area contributed by atoms with E-state index in [0.717, 1.165) is 24.6 Å². The maximum absolute atomic E-state index is 12.0. The molecule has 0 aromatic rings. The molecule has 1 aliphatic heterocycles. The summed E-state index contributed by atoms with van der Waals surface area (Å²) in [6.45, 7) is 4.13. The van der Waals surface area contributed by atoms with E-state index in [1.54, 1.807) is 0 Å². The van der Waals surface area contributed by atoms with Crippen LogP contribution in [0.25, 0.3) is 0 Å². The molecule has 1 heterocycles. The summed E-state index contributed by atoms with van der Waals surface area (Å²) in [6.07, 6.45) is 6.54. The van der Waals surface area contributed by atoms with Crippen LogP contribution in [0.3, 0.4) is 0 Å². The van der Waals surface area contributed by atoms with E-state index in [0.29, 0.717) is 5.41 Å². The molecular weight excluding hydrogens is 232 g/mol. The molecule has 0 spiro atoms. The Bertz CT molecular complexity index is 258. The molecule has 98 valence electrons. The Labute approximate surface area is 108 Å². The third-order valence-corrected chi connectivity index (χ3v) is 5.05. The molecule has 1 saturated heterocycles. The molecule has 1 unspecified atom stereocenters. The van der Waals surface area contributed by atoms with Crippen molar-refractivity contribution < 1.29 is 4.79 Å². The Morgan fingerprint density at radius 3 is 2.82 bits per heavy atom. The van der Waals surface area contributed by atoms with Crippen molar-refractivity contribution in [1.29, 1.82) is 0 Å². The highest BCUT2D eigenvalue weighted by molar-refractivity contribution is 7.99. The number of carbonyl (C=O) groups excluding carboxylic acids is 1. The number of nitrogens with one attached hydrogen (secondary N) is 2. The highest BCUT2D eigenvalue weighted by atomic mass is 32.2. The Hall–Kier alpha value is -0.220. The molecule has 0 radical (unpaired) electrons. The van der Waals surface area contributed by atoms with Crippen LogP contribution in [-0.4, -0.2) is 36.5 Å². The molecule has 1 saturated carbocycles. The highest BCUT2D eigenvalue weighted by Crippen LogP contribution is 2.34. The van der Waals surface area contributed by atoms with Gasteiger partial charge in [-0.2, -0.15) is 11.8 Å². The summed E-state index contributed by atoms with van der Waals surface area (Å²) in [5.74, 6) is 2.24. The predicted molar refractivity (Wildman–Crippen MR) is 73.3 cm³/mol. The lowest BCUT2D eigenvalue weighted by Crippen LogP contribution is -2.51. The van der Waals surface area contributed by atoms with Gasteiger partial charge in [-0.05, 0) is 18.3 Å². The number of hydrogen-bond acceptors (Lipinski definition) is 3. The first-order valence-corrected chi connectivity index (χ1v) is 7.94. The van der Waals surface area contributed by atoms with Crippen LogP contribution < -0.4 is 10.6 Å². The Balaban J connectivity index is 1.74. The van der Waals surface area contributed by atoms with Gasteiger partial charge in [-0.25, -0.2) is 0 Å². The third-order valence-electron chi connectivity index (χ3n) is 3.99. The van der Waals surface area contributed by atoms with Gasteiger partial charge in [0.1, 0.15) is 0 Å². The molecule has 3 nitrogen and oxygen atoms in total. The lowest BCUT2D eigenvalue weighted by Gasteiger charge is -2.34. The second kappa shape index (κ2) is 6.10. The predicted octanol–water partition coefficient (Wildman–Crippen LogP) is 1.78. The maximum Gasteiger partial charge on any atom is 0.238 e. The molecule has 2 fully saturated rings. The van der Waals surface area contributed by atoms with Gasteiger partial charge in [-0.1, -0.05) is 26.2 Å². The van der Waals surface area contributed by atoms with Crippen molar-refractivity contribution in [2.75, 3.05) is 24.6 Å². The minimum absolute atomic E-state index is 0.0286. The van der Waals surface area contributed by atoms with Gasteiger partial charge in [0, 0.05) is 24.6 Å². The normalized spacial score (nSPS) is 28.6. The quantitative estimate of drug-likeness (QED) is 0.809. The van der Waals surface area contributed by atoms with Crippen LogP contribution in [0.4, 0.5) is 0 Å². The van der Waals surface area contributed by atoms with Gasteiger partial charge in [0.05, 0.1) is 6.04 Å². The van der Waals surface area contributed by atoms with Gasteiger partial charge >= 0.3 is 0 Å². The van der Waals surface area contributed by atoms with Gasteiger partial charge in [-0.3, -0.25) is 4.79 Å². The molecule has 0 bridgehead atoms. The minimum Gasteiger partial charge on any atom is -0.354 e. The molecular formula is C13H24N2OS. The van der Waals surface area contributed by atoms with E-state index in [1.165, 1.54) is 32.1 Å². The van der Waals surface area contributed by atoms with Crippen LogP contribution in [0.1, 0.15) is 39.0 Å². The zero-order valence-corrected chi connectivity index (χ0v) is 11.6. The second-order valence-corrected chi connectivity index (χ2v) is 6.82. The summed E-state index contributed by atoms with van der Waals surface area (Å²) in [5, 5.41) is 6.43. The molecule has 2 N–H and O–H groups in total. The number of thioether (sulfide) groups is 1. The van der Waals surface area contributed by atoms with E-state index in [9.17, 15) is 4.79 Å². The summed E-state index contributed by atoms with van der Waals surface area (Å²) in [7, 11) is 0. The molecule has 2 rings (SSSR count). The smallest absolute Gasteiger partial charge is 0.238 e. The molecule has 1 atom stereocenters. The summed E-state index contributed by atoms with van der Waals surface area (Å²) in [5.41, 5.74) is 0.343. The van der Waals surface area contributed by atoms with Crippen LogP contribution in [0, 0.1) is 5.41 Å². The maximum atomic E-state index is 12.0. The Morgan fingerprint density at radius 1 is 1.41 bits per heavy atom. The van der Waals surface area contributed by atoms with Crippen molar-refractivity contribution in [3.05, 3.63) is 0 Å². The summed E-state index contributed by atoms with van der Waals surface area (Å²) in [4.78, 5) is 12.0.